The molecule has 0 aliphatic rings. The molecule has 0 radical (unpaired) electrons. The smallest absolute Gasteiger partial charge is 0.308 e. The Labute approximate surface area is 156 Å². The summed E-state index contributed by atoms with van der Waals surface area (Å²) in [6.07, 6.45) is 0.643. The van der Waals surface area contributed by atoms with E-state index in [9.17, 15) is 14.0 Å². The standard InChI is InChI=1S/C11H13ClO3.C8H7FO2/c1-8-7-9(12)4-5-10(8)15-6-2-3-11(13)14;1-6(10)11-8-4-2-7(9)3-5-8/h4-5,7H,2-3,6H2,1H3,(H,13,14);2-5H,1H3. The first-order chi connectivity index (χ1) is 12.3. The van der Waals surface area contributed by atoms with Crippen molar-refractivity contribution >= 4 is 23.5 Å². The van der Waals surface area contributed by atoms with Gasteiger partial charge in [-0.2, -0.15) is 0 Å². The molecule has 2 rings (SSSR count). The molecule has 0 saturated carbocycles. The summed E-state index contributed by atoms with van der Waals surface area (Å²) >= 11 is 5.79. The van der Waals surface area contributed by atoms with Gasteiger partial charge in [-0.05, 0) is 61.4 Å². The van der Waals surface area contributed by atoms with Crippen molar-refractivity contribution < 1.29 is 28.6 Å². The summed E-state index contributed by atoms with van der Waals surface area (Å²) < 4.78 is 22.4. The predicted octanol–water partition coefficient (Wildman–Crippen LogP) is 4.64. The molecule has 0 bridgehead atoms. The van der Waals surface area contributed by atoms with Crippen LogP contribution in [0.4, 0.5) is 4.39 Å². The Hall–Kier alpha value is -2.60. The summed E-state index contributed by atoms with van der Waals surface area (Å²) in [5.41, 5.74) is 0.956. The minimum Gasteiger partial charge on any atom is -0.493 e. The SMILES string of the molecule is CC(=O)Oc1ccc(F)cc1.Cc1cc(Cl)ccc1OCCCC(=O)O. The third-order valence-corrected chi connectivity index (χ3v) is 3.24. The van der Waals surface area contributed by atoms with Gasteiger partial charge in [0.25, 0.3) is 0 Å². The average Bonchev–Trinajstić information content (AvgIpc) is 2.55. The molecule has 0 heterocycles. The molecule has 2 aromatic rings. The maximum atomic E-state index is 12.3. The second kappa shape index (κ2) is 11.1. The number of carbonyl (C=O) groups is 2. The van der Waals surface area contributed by atoms with Gasteiger partial charge >= 0.3 is 11.9 Å². The fraction of sp³-hybridized carbons (Fsp3) is 0.263. The van der Waals surface area contributed by atoms with Crippen LogP contribution in [0.2, 0.25) is 5.02 Å². The number of aliphatic carboxylic acids is 1. The molecule has 26 heavy (non-hydrogen) atoms. The zero-order valence-corrected chi connectivity index (χ0v) is 15.3. The number of hydrogen-bond acceptors (Lipinski definition) is 4. The van der Waals surface area contributed by atoms with E-state index < -0.39 is 11.9 Å². The van der Waals surface area contributed by atoms with Crippen molar-refractivity contribution in [2.45, 2.75) is 26.7 Å². The molecule has 0 fully saturated rings. The number of carbonyl (C=O) groups excluding carboxylic acids is 1. The van der Waals surface area contributed by atoms with Crippen molar-refractivity contribution in [2.24, 2.45) is 0 Å². The van der Waals surface area contributed by atoms with Gasteiger partial charge in [-0.25, -0.2) is 4.39 Å². The minimum absolute atomic E-state index is 0.132. The van der Waals surface area contributed by atoms with Crippen LogP contribution in [0.15, 0.2) is 42.5 Å². The zero-order chi connectivity index (χ0) is 19.5. The molecular weight excluding hydrogens is 363 g/mol. The second-order valence-corrected chi connectivity index (χ2v) is 5.74. The number of carboxylic acids is 1. The lowest BCUT2D eigenvalue weighted by Crippen LogP contribution is -2.02. The van der Waals surface area contributed by atoms with E-state index in [0.29, 0.717) is 23.8 Å². The molecule has 140 valence electrons. The number of carboxylic acid groups (broad SMARTS) is 1. The van der Waals surface area contributed by atoms with Crippen molar-refractivity contribution in [2.75, 3.05) is 6.61 Å². The summed E-state index contributed by atoms with van der Waals surface area (Å²) in [5, 5.41) is 9.10. The first-order valence-electron chi connectivity index (χ1n) is 7.82. The van der Waals surface area contributed by atoms with E-state index >= 15 is 0 Å². The summed E-state index contributed by atoms with van der Waals surface area (Å²) in [5.74, 6) is -0.437. The monoisotopic (exact) mass is 382 g/mol. The van der Waals surface area contributed by atoms with Gasteiger partial charge in [-0.15, -0.1) is 0 Å². The summed E-state index contributed by atoms with van der Waals surface area (Å²) in [7, 11) is 0. The lowest BCUT2D eigenvalue weighted by molar-refractivity contribution is -0.137. The van der Waals surface area contributed by atoms with E-state index in [-0.39, 0.29) is 12.2 Å². The fourth-order valence-electron chi connectivity index (χ4n) is 1.85. The highest BCUT2D eigenvalue weighted by molar-refractivity contribution is 6.30. The van der Waals surface area contributed by atoms with Gasteiger partial charge in [0.1, 0.15) is 17.3 Å². The Balaban J connectivity index is 0.000000273. The van der Waals surface area contributed by atoms with Crippen LogP contribution in [0.25, 0.3) is 0 Å². The Bertz CT molecular complexity index is 731. The van der Waals surface area contributed by atoms with Crippen LogP contribution in [-0.4, -0.2) is 23.7 Å². The lowest BCUT2D eigenvalue weighted by Gasteiger charge is -2.08. The van der Waals surface area contributed by atoms with Crippen molar-refractivity contribution in [3.05, 3.63) is 58.9 Å². The van der Waals surface area contributed by atoms with E-state index in [4.69, 9.17) is 21.4 Å². The number of hydrogen-bond donors (Lipinski definition) is 1. The second-order valence-electron chi connectivity index (χ2n) is 5.30. The Morgan fingerprint density at radius 2 is 1.81 bits per heavy atom. The van der Waals surface area contributed by atoms with Crippen LogP contribution in [-0.2, 0) is 9.59 Å². The predicted molar refractivity (Wildman–Crippen MR) is 96.3 cm³/mol. The van der Waals surface area contributed by atoms with Crippen LogP contribution in [0.5, 0.6) is 11.5 Å². The molecule has 2 aromatic carbocycles. The molecular formula is C19H20ClFO5. The Morgan fingerprint density at radius 1 is 1.15 bits per heavy atom. The summed E-state index contributed by atoms with van der Waals surface area (Å²) in [6, 6.07) is 10.6. The molecule has 0 aliphatic heterocycles. The summed E-state index contributed by atoms with van der Waals surface area (Å²) in [6.45, 7) is 3.61. The minimum atomic E-state index is -0.800. The number of halogens is 2. The first-order valence-corrected chi connectivity index (χ1v) is 8.20. The van der Waals surface area contributed by atoms with Gasteiger partial charge in [0.05, 0.1) is 6.61 Å². The van der Waals surface area contributed by atoms with Crippen LogP contribution < -0.4 is 9.47 Å². The maximum absolute atomic E-state index is 12.3. The Kier molecular flexibility index (Phi) is 9.15. The van der Waals surface area contributed by atoms with Gasteiger partial charge in [0, 0.05) is 18.4 Å². The molecule has 0 spiro atoms. The average molecular weight is 383 g/mol. The molecule has 5 nitrogen and oxygen atoms in total. The molecule has 0 amide bonds. The number of benzene rings is 2. The topological polar surface area (TPSA) is 72.8 Å². The van der Waals surface area contributed by atoms with Crippen LogP contribution in [0, 0.1) is 12.7 Å². The van der Waals surface area contributed by atoms with E-state index in [1.165, 1.54) is 31.2 Å². The maximum Gasteiger partial charge on any atom is 0.308 e. The molecule has 0 aromatic heterocycles. The van der Waals surface area contributed by atoms with Gasteiger partial charge < -0.3 is 14.6 Å². The van der Waals surface area contributed by atoms with Crippen LogP contribution in [0.1, 0.15) is 25.3 Å². The summed E-state index contributed by atoms with van der Waals surface area (Å²) in [4.78, 5) is 20.6. The van der Waals surface area contributed by atoms with Crippen LogP contribution in [0.3, 0.4) is 0 Å². The highest BCUT2D eigenvalue weighted by atomic mass is 35.5. The number of rotatable bonds is 6. The molecule has 0 aliphatic carbocycles. The van der Waals surface area contributed by atoms with E-state index in [1.807, 2.05) is 13.0 Å². The number of aryl methyl sites for hydroxylation is 1. The van der Waals surface area contributed by atoms with E-state index in [1.54, 1.807) is 12.1 Å². The third kappa shape index (κ3) is 9.03. The lowest BCUT2D eigenvalue weighted by atomic mass is 10.2. The van der Waals surface area contributed by atoms with Crippen molar-refractivity contribution in [1.29, 1.82) is 0 Å². The fourth-order valence-corrected chi connectivity index (χ4v) is 2.08. The highest BCUT2D eigenvalue weighted by Crippen LogP contribution is 2.21. The van der Waals surface area contributed by atoms with Crippen molar-refractivity contribution in [3.63, 3.8) is 0 Å². The zero-order valence-electron chi connectivity index (χ0n) is 14.5. The van der Waals surface area contributed by atoms with E-state index in [2.05, 4.69) is 4.74 Å². The largest absolute Gasteiger partial charge is 0.493 e. The quantitative estimate of drug-likeness (QED) is 0.447. The normalized spacial score (nSPS) is 9.69. The van der Waals surface area contributed by atoms with Gasteiger partial charge in [-0.1, -0.05) is 11.6 Å². The van der Waals surface area contributed by atoms with Crippen molar-refractivity contribution in [1.82, 2.24) is 0 Å². The van der Waals surface area contributed by atoms with E-state index in [0.717, 1.165) is 11.3 Å². The first kappa shape index (κ1) is 21.4. The van der Waals surface area contributed by atoms with Gasteiger partial charge in [0.15, 0.2) is 0 Å². The molecule has 0 saturated heterocycles. The highest BCUT2D eigenvalue weighted by Gasteiger charge is 2.01. The molecule has 7 heteroatoms. The number of esters is 1. The molecule has 0 unspecified atom stereocenters. The van der Waals surface area contributed by atoms with Crippen molar-refractivity contribution in [3.8, 4) is 11.5 Å². The Morgan fingerprint density at radius 3 is 2.35 bits per heavy atom. The number of ether oxygens (including phenoxy) is 2. The van der Waals surface area contributed by atoms with Crippen LogP contribution >= 0.6 is 11.6 Å². The van der Waals surface area contributed by atoms with Gasteiger partial charge in [-0.3, -0.25) is 9.59 Å². The molecule has 1 N–H and O–H groups in total. The third-order valence-electron chi connectivity index (χ3n) is 3.00. The molecule has 0 atom stereocenters. The van der Waals surface area contributed by atoms with Gasteiger partial charge in [0.2, 0.25) is 0 Å².